The first-order chi connectivity index (χ1) is 4.12. The Labute approximate surface area is 53.3 Å². The van der Waals surface area contributed by atoms with Gasteiger partial charge in [-0.3, -0.25) is 4.79 Å². The van der Waals surface area contributed by atoms with Gasteiger partial charge in [0.25, 0.3) is 0 Å². The van der Waals surface area contributed by atoms with Crippen molar-refractivity contribution in [1.29, 1.82) is 0 Å². The van der Waals surface area contributed by atoms with E-state index in [0.717, 1.165) is 6.26 Å². The van der Waals surface area contributed by atoms with Gasteiger partial charge in [0.05, 0.1) is 0 Å². The van der Waals surface area contributed by atoms with Gasteiger partial charge >= 0.3 is 0 Å². The van der Waals surface area contributed by atoms with E-state index in [2.05, 4.69) is 4.74 Å². The summed E-state index contributed by atoms with van der Waals surface area (Å²) in [7, 11) is 0. The first kappa shape index (κ1) is 7.92. The number of aldehydes is 1. The molecule has 50 valence electrons. The van der Waals surface area contributed by atoms with Crippen LogP contribution in [0.15, 0.2) is 6.26 Å². The van der Waals surface area contributed by atoms with Gasteiger partial charge < -0.3 is 4.74 Å². The summed E-state index contributed by atoms with van der Waals surface area (Å²) in [6.45, 7) is 3.10. The van der Waals surface area contributed by atoms with Crippen molar-refractivity contribution < 1.29 is 14.3 Å². The highest BCUT2D eigenvalue weighted by Gasteiger charge is 2.14. The predicted octanol–water partition coefficient (Wildman–Crippen LogP) is 0.326. The maximum atomic E-state index is 10.1. The monoisotopic (exact) mass is 128 g/mol. The van der Waals surface area contributed by atoms with Gasteiger partial charge in [0.1, 0.15) is 0 Å². The van der Waals surface area contributed by atoms with Crippen LogP contribution in [0.25, 0.3) is 0 Å². The highest BCUT2D eigenvalue weighted by atomic mass is 16.5. The third-order valence-corrected chi connectivity index (χ3v) is 0.695. The van der Waals surface area contributed by atoms with Crippen molar-refractivity contribution in [3.05, 3.63) is 6.26 Å². The molecule has 0 atom stereocenters. The molecular weight excluding hydrogens is 120 g/mol. The minimum atomic E-state index is -0.905. The molecule has 0 saturated heterocycles. The quantitative estimate of drug-likeness (QED) is 0.312. The fourth-order valence-electron chi connectivity index (χ4n) is 0.204. The Morgan fingerprint density at radius 3 is 2.44 bits per heavy atom. The molecular formula is C6H8O3. The molecule has 0 spiro atoms. The maximum absolute atomic E-state index is 10.1. The molecule has 0 fully saturated rings. The van der Waals surface area contributed by atoms with Crippen molar-refractivity contribution in [1.82, 2.24) is 0 Å². The van der Waals surface area contributed by atoms with Crippen molar-refractivity contribution in [2.75, 3.05) is 0 Å². The Hall–Kier alpha value is -1.08. The number of rotatable bonds is 3. The molecule has 0 aliphatic heterocycles. The molecule has 0 N–H and O–H groups in total. The predicted molar refractivity (Wildman–Crippen MR) is 31.5 cm³/mol. The lowest BCUT2D eigenvalue weighted by molar-refractivity contribution is -0.121. The average Bonchev–Trinajstić information content (AvgIpc) is 1.84. The van der Waals surface area contributed by atoms with Gasteiger partial charge in [-0.2, -0.15) is 0 Å². The number of carbonyl (C=O) groups is 1. The zero-order valence-corrected chi connectivity index (χ0v) is 5.38. The van der Waals surface area contributed by atoms with Crippen LogP contribution in [-0.4, -0.2) is 17.8 Å². The molecule has 0 amide bonds. The van der Waals surface area contributed by atoms with Crippen LogP contribution in [0.1, 0.15) is 13.8 Å². The minimum Gasteiger partial charge on any atom is -0.476 e. The Kier molecular flexibility index (Phi) is 2.68. The molecule has 9 heavy (non-hydrogen) atoms. The average molecular weight is 128 g/mol. The van der Waals surface area contributed by atoms with Crippen molar-refractivity contribution in [2.45, 2.75) is 19.4 Å². The van der Waals surface area contributed by atoms with E-state index in [-0.39, 0.29) is 0 Å². The standard InChI is InChI=1S/C6H8O3/c1-6(2,5-8)9-4-3-7/h4-5H,1-2H3. The van der Waals surface area contributed by atoms with Gasteiger partial charge in [-0.15, -0.1) is 0 Å². The third kappa shape index (κ3) is 3.50. The van der Waals surface area contributed by atoms with Gasteiger partial charge in [-0.1, -0.05) is 0 Å². The molecule has 0 unspecified atom stereocenters. The first-order valence-corrected chi connectivity index (χ1v) is 2.46. The summed E-state index contributed by atoms with van der Waals surface area (Å²) in [5.74, 6) is 1.40. The molecule has 0 aromatic carbocycles. The normalized spacial score (nSPS) is 9.56. The molecule has 0 aromatic heterocycles. The third-order valence-electron chi connectivity index (χ3n) is 0.695. The maximum Gasteiger partial charge on any atom is 0.168 e. The molecule has 0 rings (SSSR count). The second kappa shape index (κ2) is 3.05. The summed E-state index contributed by atoms with van der Waals surface area (Å²) in [5.41, 5.74) is -0.905. The smallest absolute Gasteiger partial charge is 0.168 e. The zero-order chi connectivity index (χ0) is 7.33. The Morgan fingerprint density at radius 2 is 2.11 bits per heavy atom. The van der Waals surface area contributed by atoms with Gasteiger partial charge in [0.15, 0.2) is 24.1 Å². The lowest BCUT2D eigenvalue weighted by Gasteiger charge is -2.13. The van der Waals surface area contributed by atoms with Crippen LogP contribution >= 0.6 is 0 Å². The van der Waals surface area contributed by atoms with Crippen LogP contribution in [0.3, 0.4) is 0 Å². The van der Waals surface area contributed by atoms with Crippen LogP contribution < -0.4 is 0 Å². The van der Waals surface area contributed by atoms with Crippen LogP contribution in [-0.2, 0) is 14.3 Å². The van der Waals surface area contributed by atoms with Crippen molar-refractivity contribution in [3.8, 4) is 0 Å². The fourth-order valence-corrected chi connectivity index (χ4v) is 0.204. The summed E-state index contributed by atoms with van der Waals surface area (Å²) in [5, 5.41) is 0. The molecule has 0 heterocycles. The van der Waals surface area contributed by atoms with E-state index in [0.29, 0.717) is 6.29 Å². The zero-order valence-electron chi connectivity index (χ0n) is 5.38. The van der Waals surface area contributed by atoms with Crippen molar-refractivity contribution in [2.24, 2.45) is 0 Å². The van der Waals surface area contributed by atoms with Crippen LogP contribution in [0.4, 0.5) is 0 Å². The van der Waals surface area contributed by atoms with Crippen molar-refractivity contribution in [3.63, 3.8) is 0 Å². The number of carbonyl (C=O) groups excluding carboxylic acids is 2. The summed E-state index contributed by atoms with van der Waals surface area (Å²) in [6.07, 6.45) is 1.44. The van der Waals surface area contributed by atoms with Gasteiger partial charge in [-0.25, -0.2) is 4.79 Å². The molecule has 0 aliphatic carbocycles. The van der Waals surface area contributed by atoms with Gasteiger partial charge in [0.2, 0.25) is 0 Å². The van der Waals surface area contributed by atoms with E-state index in [1.165, 1.54) is 5.94 Å². The SMILES string of the molecule is CC(C)(C=O)OC=C=O. The fraction of sp³-hybridized carbons (Fsp3) is 0.500. The lowest BCUT2D eigenvalue weighted by Crippen LogP contribution is -2.23. The van der Waals surface area contributed by atoms with Gasteiger partial charge in [-0.05, 0) is 13.8 Å². The second-order valence-electron chi connectivity index (χ2n) is 2.07. The molecule has 0 aromatic rings. The Balaban J connectivity index is 3.85. The minimum absolute atomic E-state index is 0.612. The summed E-state index contributed by atoms with van der Waals surface area (Å²) >= 11 is 0. The van der Waals surface area contributed by atoms with Crippen LogP contribution in [0.2, 0.25) is 0 Å². The first-order valence-electron chi connectivity index (χ1n) is 2.46. The largest absolute Gasteiger partial charge is 0.476 e. The van der Waals surface area contributed by atoms with E-state index in [4.69, 9.17) is 0 Å². The number of hydrogen-bond donors (Lipinski definition) is 0. The molecule has 0 saturated carbocycles. The lowest BCUT2D eigenvalue weighted by atomic mass is 10.2. The number of ether oxygens (including phenoxy) is 1. The Bertz CT molecular complexity index is 142. The van der Waals surface area contributed by atoms with Crippen molar-refractivity contribution >= 4 is 12.2 Å². The second-order valence-corrected chi connectivity index (χ2v) is 2.07. The van der Waals surface area contributed by atoms with E-state index in [1.807, 2.05) is 0 Å². The van der Waals surface area contributed by atoms with Crippen LogP contribution in [0, 0.1) is 0 Å². The highest BCUT2D eigenvalue weighted by Crippen LogP contribution is 2.02. The molecule has 0 bridgehead atoms. The van der Waals surface area contributed by atoms with Gasteiger partial charge in [0, 0.05) is 0 Å². The summed E-state index contributed by atoms with van der Waals surface area (Å²) in [6, 6.07) is 0. The number of hydrogen-bond acceptors (Lipinski definition) is 3. The van der Waals surface area contributed by atoms with Crippen LogP contribution in [0.5, 0.6) is 0 Å². The van der Waals surface area contributed by atoms with E-state index >= 15 is 0 Å². The molecule has 3 heteroatoms. The topological polar surface area (TPSA) is 43.4 Å². The molecule has 3 nitrogen and oxygen atoms in total. The highest BCUT2D eigenvalue weighted by molar-refractivity contribution is 5.61. The van der Waals surface area contributed by atoms with E-state index < -0.39 is 5.60 Å². The molecule has 0 aliphatic rings. The Morgan fingerprint density at radius 1 is 1.56 bits per heavy atom. The van der Waals surface area contributed by atoms with E-state index in [1.54, 1.807) is 13.8 Å². The molecule has 0 radical (unpaired) electrons. The summed E-state index contributed by atoms with van der Waals surface area (Å²) in [4.78, 5) is 19.6. The van der Waals surface area contributed by atoms with E-state index in [9.17, 15) is 9.59 Å². The summed E-state index contributed by atoms with van der Waals surface area (Å²) < 4.78 is 4.61.